The normalized spacial score (nSPS) is 19.9. The molecule has 0 saturated carbocycles. The van der Waals surface area contributed by atoms with Crippen molar-refractivity contribution < 1.29 is 9.90 Å². The van der Waals surface area contributed by atoms with E-state index in [-0.39, 0.29) is 11.6 Å². The van der Waals surface area contributed by atoms with E-state index < -0.39 is 5.97 Å². The molecule has 0 aromatic heterocycles. The Kier molecular flexibility index (Phi) is 2.96. The van der Waals surface area contributed by atoms with Crippen molar-refractivity contribution >= 4 is 41.3 Å². The van der Waals surface area contributed by atoms with Crippen molar-refractivity contribution in [2.24, 2.45) is 20.0 Å². The molecule has 1 aromatic carbocycles. The van der Waals surface area contributed by atoms with Gasteiger partial charge in [0.1, 0.15) is 17.7 Å². The van der Waals surface area contributed by atoms with Gasteiger partial charge in [-0.25, -0.2) is 19.8 Å². The number of carboxylic acid groups (broad SMARTS) is 1. The first-order valence-corrected chi connectivity index (χ1v) is 6.27. The number of nitrogens with zero attached hydrogens (tertiary/aromatic N) is 4. The summed E-state index contributed by atoms with van der Waals surface area (Å²) in [4.78, 5) is 28.2. The number of hydrogen-bond donors (Lipinski definition) is 1. The molecule has 0 fully saturated rings. The lowest BCUT2D eigenvalue weighted by atomic mass is 10.2. The third-order valence-electron chi connectivity index (χ3n) is 2.59. The van der Waals surface area contributed by atoms with Gasteiger partial charge in [0.25, 0.3) is 0 Å². The van der Waals surface area contributed by atoms with E-state index in [2.05, 4.69) is 20.0 Å². The Morgan fingerprint density at radius 3 is 2.89 bits per heavy atom. The van der Waals surface area contributed by atoms with Gasteiger partial charge < -0.3 is 5.11 Å². The first kappa shape index (κ1) is 11.8. The first-order chi connectivity index (χ1) is 9.25. The Morgan fingerprint density at radius 1 is 1.21 bits per heavy atom. The molecule has 0 amide bonds. The van der Waals surface area contributed by atoms with Crippen LogP contribution in [0.15, 0.2) is 49.1 Å². The zero-order valence-corrected chi connectivity index (χ0v) is 10.4. The minimum atomic E-state index is -0.961. The van der Waals surface area contributed by atoms with Crippen molar-refractivity contribution in [1.82, 2.24) is 0 Å². The fraction of sp³-hybridized carbons (Fsp3) is 0.0833. The maximum absolute atomic E-state index is 11.2. The predicted molar refractivity (Wildman–Crippen MR) is 74.9 cm³/mol. The van der Waals surface area contributed by atoms with Crippen LogP contribution in [0.5, 0.6) is 0 Å². The topological polar surface area (TPSA) is 86.7 Å². The van der Waals surface area contributed by atoms with Crippen molar-refractivity contribution in [1.29, 1.82) is 0 Å². The summed E-state index contributed by atoms with van der Waals surface area (Å²) in [6.45, 7) is 0. The Bertz CT molecular complexity index is 663. The summed E-state index contributed by atoms with van der Waals surface area (Å²) in [7, 11) is 0. The molecule has 2 aliphatic rings. The molecular formula is C12H8N4O2S. The Morgan fingerprint density at radius 2 is 2.05 bits per heavy atom. The van der Waals surface area contributed by atoms with Gasteiger partial charge in [-0.15, -0.1) is 0 Å². The molecule has 7 heteroatoms. The summed E-state index contributed by atoms with van der Waals surface area (Å²) in [5.74, 6) is -0.373. The van der Waals surface area contributed by atoms with E-state index in [1.54, 1.807) is 24.3 Å². The van der Waals surface area contributed by atoms with Gasteiger partial charge in [0.2, 0.25) is 0 Å². The van der Waals surface area contributed by atoms with Crippen LogP contribution >= 0.6 is 11.8 Å². The molecule has 19 heavy (non-hydrogen) atoms. The Balaban J connectivity index is 1.92. The fourth-order valence-electron chi connectivity index (χ4n) is 1.72. The lowest BCUT2D eigenvalue weighted by Crippen LogP contribution is -2.25. The molecule has 0 aliphatic carbocycles. The summed E-state index contributed by atoms with van der Waals surface area (Å²) >= 11 is 1.28. The smallest absolute Gasteiger partial charge is 0.336 e. The highest BCUT2D eigenvalue weighted by molar-refractivity contribution is 8.14. The predicted octanol–water partition coefficient (Wildman–Crippen LogP) is 1.73. The minimum Gasteiger partial charge on any atom is -0.478 e. The number of rotatable bonds is 2. The molecule has 1 N–H and O–H groups in total. The Labute approximate surface area is 112 Å². The van der Waals surface area contributed by atoms with Crippen LogP contribution in [0.25, 0.3) is 0 Å². The zero-order valence-electron chi connectivity index (χ0n) is 9.59. The summed E-state index contributed by atoms with van der Waals surface area (Å²) in [6, 6.07) is 6.49. The molecule has 94 valence electrons. The molecule has 2 heterocycles. The number of carbonyl (C=O) groups is 1. The maximum atomic E-state index is 11.2. The molecule has 1 aromatic rings. The van der Waals surface area contributed by atoms with Gasteiger partial charge in [0.15, 0.2) is 11.9 Å². The number of aromatic carboxylic acids is 1. The van der Waals surface area contributed by atoms with Crippen LogP contribution < -0.4 is 0 Å². The molecule has 0 bridgehead atoms. The summed E-state index contributed by atoms with van der Waals surface area (Å²) in [6.07, 6.45) is 2.86. The quantitative estimate of drug-likeness (QED) is 0.889. The second kappa shape index (κ2) is 4.77. The van der Waals surface area contributed by atoms with E-state index in [0.717, 1.165) is 0 Å². The largest absolute Gasteiger partial charge is 0.478 e. The Hall–Kier alpha value is -2.28. The lowest BCUT2D eigenvalue weighted by molar-refractivity contribution is 0.0693. The third kappa shape index (κ3) is 2.19. The lowest BCUT2D eigenvalue weighted by Gasteiger charge is -2.14. The highest BCUT2D eigenvalue weighted by Crippen LogP contribution is 2.28. The van der Waals surface area contributed by atoms with E-state index in [0.29, 0.717) is 15.8 Å². The number of thioether (sulfide) groups is 1. The van der Waals surface area contributed by atoms with Gasteiger partial charge in [-0.1, -0.05) is 23.9 Å². The van der Waals surface area contributed by atoms with Crippen LogP contribution in [0.4, 0.5) is 0 Å². The first-order valence-electron chi connectivity index (χ1n) is 5.45. The van der Waals surface area contributed by atoms with E-state index in [9.17, 15) is 4.79 Å². The van der Waals surface area contributed by atoms with Gasteiger partial charge >= 0.3 is 5.97 Å². The van der Waals surface area contributed by atoms with Gasteiger partial charge in [-0.3, -0.25) is 4.99 Å². The van der Waals surface area contributed by atoms with Crippen LogP contribution in [0, 0.1) is 0 Å². The third-order valence-corrected chi connectivity index (χ3v) is 3.70. The van der Waals surface area contributed by atoms with Crippen molar-refractivity contribution in [3.05, 3.63) is 29.8 Å². The second-order valence-corrected chi connectivity index (χ2v) is 4.83. The van der Waals surface area contributed by atoms with E-state index in [1.807, 2.05) is 0 Å². The SMILES string of the molecule is O=C(O)c1ccccc1SC1=NC=NC2=NC=NC21. The van der Waals surface area contributed by atoms with Crippen LogP contribution in [0.1, 0.15) is 10.4 Å². The van der Waals surface area contributed by atoms with Gasteiger partial charge in [-0.2, -0.15) is 0 Å². The van der Waals surface area contributed by atoms with Gasteiger partial charge in [0, 0.05) is 4.90 Å². The van der Waals surface area contributed by atoms with E-state index in [4.69, 9.17) is 5.11 Å². The molecule has 1 unspecified atom stereocenters. The zero-order chi connectivity index (χ0) is 13.2. The summed E-state index contributed by atoms with van der Waals surface area (Å²) < 4.78 is 0. The highest BCUT2D eigenvalue weighted by atomic mass is 32.2. The van der Waals surface area contributed by atoms with Crippen LogP contribution in [-0.2, 0) is 0 Å². The number of amidine groups is 1. The number of carboxylic acids is 1. The van der Waals surface area contributed by atoms with E-state index in [1.165, 1.54) is 24.4 Å². The van der Waals surface area contributed by atoms with E-state index >= 15 is 0 Å². The monoisotopic (exact) mass is 272 g/mol. The van der Waals surface area contributed by atoms with Crippen LogP contribution in [0.3, 0.4) is 0 Å². The molecule has 0 saturated heterocycles. The second-order valence-electron chi connectivity index (χ2n) is 3.77. The van der Waals surface area contributed by atoms with Crippen LogP contribution in [0.2, 0.25) is 0 Å². The van der Waals surface area contributed by atoms with Gasteiger partial charge in [-0.05, 0) is 12.1 Å². The molecule has 2 aliphatic heterocycles. The highest BCUT2D eigenvalue weighted by Gasteiger charge is 2.27. The number of benzene rings is 1. The average molecular weight is 272 g/mol. The molecule has 6 nitrogen and oxygen atoms in total. The van der Waals surface area contributed by atoms with Crippen molar-refractivity contribution in [3.8, 4) is 0 Å². The van der Waals surface area contributed by atoms with Crippen molar-refractivity contribution in [3.63, 3.8) is 0 Å². The molecule has 1 atom stereocenters. The van der Waals surface area contributed by atoms with Gasteiger partial charge in [0.05, 0.1) is 5.56 Å². The fourth-order valence-corrected chi connectivity index (χ4v) is 2.73. The standard InChI is InChI=1S/C12H8N4O2S/c17-12(18)7-3-1-2-4-8(7)19-11-9-10(14-5-13-9)15-6-16-11/h1-6,9H,(H,17,18). The van der Waals surface area contributed by atoms with Crippen molar-refractivity contribution in [2.75, 3.05) is 0 Å². The number of fused-ring (bicyclic) bond motifs is 1. The minimum absolute atomic E-state index is 0.248. The molecule has 3 rings (SSSR count). The average Bonchev–Trinajstić information content (AvgIpc) is 2.88. The molecule has 0 spiro atoms. The summed E-state index contributed by atoms with van der Waals surface area (Å²) in [5, 5.41) is 9.83. The summed E-state index contributed by atoms with van der Waals surface area (Å²) in [5.41, 5.74) is 0.248. The molecular weight excluding hydrogens is 264 g/mol. The van der Waals surface area contributed by atoms with Crippen LogP contribution in [-0.4, -0.2) is 40.7 Å². The number of aliphatic imine (C=N–C) groups is 4. The molecule has 0 radical (unpaired) electrons. The number of hydrogen-bond acceptors (Lipinski definition) is 6. The maximum Gasteiger partial charge on any atom is 0.336 e. The van der Waals surface area contributed by atoms with Crippen molar-refractivity contribution in [2.45, 2.75) is 10.9 Å².